The van der Waals surface area contributed by atoms with Crippen molar-refractivity contribution in [2.45, 2.75) is 24.8 Å². The van der Waals surface area contributed by atoms with Crippen LogP contribution in [0.2, 0.25) is 0 Å². The average Bonchev–Trinajstić information content (AvgIpc) is 2.08. The molecule has 3 nitrogen and oxygen atoms in total. The first-order valence-electron chi connectivity index (χ1n) is 5.09. The number of aliphatic imine (C=N–C) groups is 1. The minimum absolute atomic E-state index is 0.0638. The van der Waals surface area contributed by atoms with Crippen molar-refractivity contribution >= 4 is 5.96 Å². The van der Waals surface area contributed by atoms with Crippen LogP contribution in [0.25, 0.3) is 0 Å². The molecule has 16 heavy (non-hydrogen) atoms. The molecule has 0 aromatic heterocycles. The number of nitrogens with two attached hydrogens (primary N) is 2. The first-order chi connectivity index (χ1) is 7.54. The Morgan fingerprint density at radius 2 is 1.69 bits per heavy atom. The molecule has 0 atom stereocenters. The van der Waals surface area contributed by atoms with Gasteiger partial charge in [0, 0.05) is 6.07 Å². The monoisotopic (exact) mass is 225 g/mol. The Balaban J connectivity index is 2.04. The van der Waals surface area contributed by atoms with Gasteiger partial charge in [-0.05, 0) is 36.5 Å². The molecule has 1 aliphatic rings. The zero-order valence-electron chi connectivity index (χ0n) is 8.66. The Labute approximate surface area is 92.2 Å². The summed E-state index contributed by atoms with van der Waals surface area (Å²) >= 11 is 0. The van der Waals surface area contributed by atoms with Crippen molar-refractivity contribution in [3.63, 3.8) is 0 Å². The second-order valence-corrected chi connectivity index (χ2v) is 4.08. The summed E-state index contributed by atoms with van der Waals surface area (Å²) < 4.78 is 25.9. The first-order valence-corrected chi connectivity index (χ1v) is 5.09. The standard InChI is InChI=1S/C11H13F2N3/c12-8-1-6(2-9(13)5-8)7-3-10(4-7)16-11(14)15/h1-2,5,7,10H,3-4H2,(H4,14,15,16). The van der Waals surface area contributed by atoms with Crippen LogP contribution in [0.15, 0.2) is 23.2 Å². The molecular weight excluding hydrogens is 212 g/mol. The molecule has 0 amide bonds. The molecule has 5 heteroatoms. The third-order valence-corrected chi connectivity index (χ3v) is 2.80. The predicted molar refractivity (Wildman–Crippen MR) is 57.9 cm³/mol. The summed E-state index contributed by atoms with van der Waals surface area (Å²) in [6.45, 7) is 0. The van der Waals surface area contributed by atoms with E-state index in [1.165, 1.54) is 12.1 Å². The Bertz CT molecular complexity index is 401. The lowest BCUT2D eigenvalue weighted by Crippen LogP contribution is -2.31. The number of guanidine groups is 1. The zero-order valence-corrected chi connectivity index (χ0v) is 8.66. The summed E-state index contributed by atoms with van der Waals surface area (Å²) in [5.74, 6) is -0.868. The fraction of sp³-hybridized carbons (Fsp3) is 0.364. The maximum Gasteiger partial charge on any atom is 0.186 e. The largest absolute Gasteiger partial charge is 0.370 e. The highest BCUT2D eigenvalue weighted by Crippen LogP contribution is 2.39. The van der Waals surface area contributed by atoms with Gasteiger partial charge in [-0.3, -0.25) is 4.99 Å². The van der Waals surface area contributed by atoms with Gasteiger partial charge in [-0.2, -0.15) is 0 Å². The normalized spacial score (nSPS) is 23.6. The lowest BCUT2D eigenvalue weighted by Gasteiger charge is -2.32. The second kappa shape index (κ2) is 4.08. The topological polar surface area (TPSA) is 64.4 Å². The molecule has 4 N–H and O–H groups in total. The number of rotatable bonds is 2. The third kappa shape index (κ3) is 2.29. The van der Waals surface area contributed by atoms with E-state index in [1.54, 1.807) is 0 Å². The number of benzene rings is 1. The Hall–Kier alpha value is -1.65. The van der Waals surface area contributed by atoms with E-state index in [4.69, 9.17) is 11.5 Å². The number of hydrogen-bond donors (Lipinski definition) is 2. The van der Waals surface area contributed by atoms with Gasteiger partial charge in [0.25, 0.3) is 0 Å². The Morgan fingerprint density at radius 3 is 2.19 bits per heavy atom. The lowest BCUT2D eigenvalue weighted by molar-refractivity contribution is 0.351. The molecule has 0 heterocycles. The van der Waals surface area contributed by atoms with E-state index >= 15 is 0 Å². The van der Waals surface area contributed by atoms with Gasteiger partial charge in [0.2, 0.25) is 0 Å². The maximum atomic E-state index is 12.9. The number of nitrogens with zero attached hydrogens (tertiary/aromatic N) is 1. The van der Waals surface area contributed by atoms with Crippen LogP contribution in [0.5, 0.6) is 0 Å². The quantitative estimate of drug-likeness (QED) is 0.591. The first kappa shape index (κ1) is 10.9. The van der Waals surface area contributed by atoms with Gasteiger partial charge in [-0.1, -0.05) is 0 Å². The van der Waals surface area contributed by atoms with E-state index < -0.39 is 11.6 Å². The van der Waals surface area contributed by atoms with E-state index in [0.29, 0.717) is 5.56 Å². The molecule has 0 bridgehead atoms. The summed E-state index contributed by atoms with van der Waals surface area (Å²) in [5, 5.41) is 0. The van der Waals surface area contributed by atoms with E-state index in [1.807, 2.05) is 0 Å². The van der Waals surface area contributed by atoms with Crippen LogP contribution in [-0.2, 0) is 0 Å². The maximum absolute atomic E-state index is 12.9. The lowest BCUT2D eigenvalue weighted by atomic mass is 9.76. The van der Waals surface area contributed by atoms with Crippen LogP contribution in [0.1, 0.15) is 24.3 Å². The van der Waals surface area contributed by atoms with Crippen molar-refractivity contribution in [3.05, 3.63) is 35.4 Å². The molecule has 86 valence electrons. The van der Waals surface area contributed by atoms with Crippen LogP contribution in [-0.4, -0.2) is 12.0 Å². The van der Waals surface area contributed by atoms with Crippen molar-refractivity contribution in [1.82, 2.24) is 0 Å². The predicted octanol–water partition coefficient (Wildman–Crippen LogP) is 1.48. The highest BCUT2D eigenvalue weighted by molar-refractivity contribution is 5.76. The zero-order chi connectivity index (χ0) is 11.7. The third-order valence-electron chi connectivity index (χ3n) is 2.80. The van der Waals surface area contributed by atoms with Crippen LogP contribution < -0.4 is 11.5 Å². The molecular formula is C11H13F2N3. The van der Waals surface area contributed by atoms with Gasteiger partial charge in [0.15, 0.2) is 5.96 Å². The van der Waals surface area contributed by atoms with Crippen molar-refractivity contribution in [3.8, 4) is 0 Å². The number of hydrogen-bond acceptors (Lipinski definition) is 1. The summed E-state index contributed by atoms with van der Waals surface area (Å²) in [5.41, 5.74) is 11.2. The van der Waals surface area contributed by atoms with Gasteiger partial charge >= 0.3 is 0 Å². The van der Waals surface area contributed by atoms with Crippen molar-refractivity contribution in [2.24, 2.45) is 16.5 Å². The van der Waals surface area contributed by atoms with E-state index in [2.05, 4.69) is 4.99 Å². The summed E-state index contributed by atoms with van der Waals surface area (Å²) in [7, 11) is 0. The second-order valence-electron chi connectivity index (χ2n) is 4.08. The van der Waals surface area contributed by atoms with Crippen molar-refractivity contribution in [2.75, 3.05) is 0 Å². The average molecular weight is 225 g/mol. The summed E-state index contributed by atoms with van der Waals surface area (Å²) in [4.78, 5) is 3.99. The molecule has 0 unspecified atom stereocenters. The van der Waals surface area contributed by atoms with Crippen molar-refractivity contribution in [1.29, 1.82) is 0 Å². The molecule has 0 saturated heterocycles. The molecule has 2 rings (SSSR count). The Kier molecular flexibility index (Phi) is 2.77. The van der Waals surface area contributed by atoms with Crippen LogP contribution in [0, 0.1) is 11.6 Å². The SMILES string of the molecule is NC(N)=NC1CC(c2cc(F)cc(F)c2)C1. The van der Waals surface area contributed by atoms with Gasteiger partial charge in [-0.25, -0.2) is 8.78 Å². The van der Waals surface area contributed by atoms with E-state index in [0.717, 1.165) is 18.9 Å². The van der Waals surface area contributed by atoms with Crippen LogP contribution in [0.4, 0.5) is 8.78 Å². The number of halogens is 2. The van der Waals surface area contributed by atoms with Crippen LogP contribution >= 0.6 is 0 Å². The molecule has 0 radical (unpaired) electrons. The van der Waals surface area contributed by atoms with E-state index in [-0.39, 0.29) is 17.9 Å². The van der Waals surface area contributed by atoms with E-state index in [9.17, 15) is 8.78 Å². The molecule has 1 fully saturated rings. The highest BCUT2D eigenvalue weighted by atomic mass is 19.1. The highest BCUT2D eigenvalue weighted by Gasteiger charge is 2.30. The molecule has 0 aliphatic heterocycles. The smallest absolute Gasteiger partial charge is 0.186 e. The van der Waals surface area contributed by atoms with Gasteiger partial charge in [0.05, 0.1) is 6.04 Å². The summed E-state index contributed by atoms with van der Waals surface area (Å²) in [6.07, 6.45) is 1.47. The fourth-order valence-corrected chi connectivity index (χ4v) is 1.99. The molecule has 0 spiro atoms. The van der Waals surface area contributed by atoms with Crippen molar-refractivity contribution < 1.29 is 8.78 Å². The molecule has 1 saturated carbocycles. The molecule has 1 aromatic carbocycles. The van der Waals surface area contributed by atoms with Gasteiger partial charge in [-0.15, -0.1) is 0 Å². The van der Waals surface area contributed by atoms with Gasteiger partial charge in [0.1, 0.15) is 11.6 Å². The molecule has 1 aliphatic carbocycles. The molecule has 1 aromatic rings. The van der Waals surface area contributed by atoms with Crippen LogP contribution in [0.3, 0.4) is 0 Å². The minimum Gasteiger partial charge on any atom is -0.370 e. The summed E-state index contributed by atoms with van der Waals surface area (Å²) in [6, 6.07) is 3.68. The minimum atomic E-state index is -0.541. The fourth-order valence-electron chi connectivity index (χ4n) is 1.99. The van der Waals surface area contributed by atoms with Gasteiger partial charge < -0.3 is 11.5 Å². The Morgan fingerprint density at radius 1 is 1.12 bits per heavy atom.